The molecule has 1 amide bonds. The zero-order chi connectivity index (χ0) is 14.6. The minimum atomic E-state index is -3.56. The zero-order valence-corrected chi connectivity index (χ0v) is 13.4. The summed E-state index contributed by atoms with van der Waals surface area (Å²) in [5.74, 6) is -0.210. The first-order valence-electron chi connectivity index (χ1n) is 6.60. The second-order valence-electron chi connectivity index (χ2n) is 4.68. The lowest BCUT2D eigenvalue weighted by atomic mass is 10.0. The van der Waals surface area contributed by atoms with Gasteiger partial charge in [-0.2, -0.15) is 0 Å². The Kier molecular flexibility index (Phi) is 6.60. The summed E-state index contributed by atoms with van der Waals surface area (Å²) < 4.78 is 26.8. The summed E-state index contributed by atoms with van der Waals surface area (Å²) in [4.78, 5) is 11.9. The maximum absolute atomic E-state index is 12.1. The highest BCUT2D eigenvalue weighted by molar-refractivity contribution is 7.89. The molecule has 21 heavy (non-hydrogen) atoms. The first-order chi connectivity index (χ1) is 9.54. The summed E-state index contributed by atoms with van der Waals surface area (Å²) in [5.41, 5.74) is 1.34. The molecular formula is C13H20ClN3O3S. The molecule has 8 heteroatoms. The molecule has 118 valence electrons. The molecular weight excluding hydrogens is 314 g/mol. The fourth-order valence-corrected chi connectivity index (χ4v) is 3.21. The summed E-state index contributed by atoms with van der Waals surface area (Å²) in [6, 6.07) is 4.72. The Bertz CT molecular complexity index is 605. The van der Waals surface area contributed by atoms with Gasteiger partial charge < -0.3 is 10.6 Å². The largest absolute Gasteiger partial charge is 0.352 e. The number of carbonyl (C=O) groups excluding carboxylic acids is 1. The van der Waals surface area contributed by atoms with Gasteiger partial charge in [0, 0.05) is 18.7 Å². The molecule has 3 N–H and O–H groups in total. The van der Waals surface area contributed by atoms with Gasteiger partial charge in [0.1, 0.15) is 0 Å². The molecule has 0 fully saturated rings. The molecule has 0 saturated carbocycles. The Morgan fingerprint density at radius 3 is 2.76 bits per heavy atom. The van der Waals surface area contributed by atoms with Crippen LogP contribution >= 0.6 is 12.4 Å². The van der Waals surface area contributed by atoms with E-state index in [-0.39, 0.29) is 23.2 Å². The Morgan fingerprint density at radius 2 is 2.05 bits per heavy atom. The molecule has 2 rings (SSSR count). The molecule has 1 aromatic rings. The van der Waals surface area contributed by atoms with E-state index >= 15 is 0 Å². The van der Waals surface area contributed by atoms with Gasteiger partial charge in [-0.15, -0.1) is 12.4 Å². The monoisotopic (exact) mass is 333 g/mol. The van der Waals surface area contributed by atoms with Crippen molar-refractivity contribution in [1.29, 1.82) is 0 Å². The van der Waals surface area contributed by atoms with E-state index in [1.54, 1.807) is 12.1 Å². The summed E-state index contributed by atoms with van der Waals surface area (Å²) in [5, 5.41) is 5.67. The molecule has 1 heterocycles. The smallest absolute Gasteiger partial charge is 0.251 e. The molecule has 0 unspecified atom stereocenters. The standard InChI is InChI=1S/C13H19N3O3S.ClH/c1-14-6-2-7-16-20(18,19)11-4-3-10-5-8-15-13(17)12(10)9-11;/h3-4,9,14,16H,2,5-8H2,1H3,(H,15,17);1H. The van der Waals surface area contributed by atoms with E-state index in [4.69, 9.17) is 0 Å². The van der Waals surface area contributed by atoms with Gasteiger partial charge in [0.15, 0.2) is 0 Å². The van der Waals surface area contributed by atoms with Crippen LogP contribution in [0.25, 0.3) is 0 Å². The van der Waals surface area contributed by atoms with Crippen molar-refractivity contribution in [2.24, 2.45) is 0 Å². The van der Waals surface area contributed by atoms with Gasteiger partial charge in [-0.3, -0.25) is 4.79 Å². The van der Waals surface area contributed by atoms with Gasteiger partial charge >= 0.3 is 0 Å². The SMILES string of the molecule is CNCCCNS(=O)(=O)c1ccc2c(c1)C(=O)NCC2.Cl. The van der Waals surface area contributed by atoms with Crippen LogP contribution in [0.2, 0.25) is 0 Å². The Hall–Kier alpha value is -1.15. The minimum absolute atomic E-state index is 0. The molecule has 0 radical (unpaired) electrons. The maximum Gasteiger partial charge on any atom is 0.251 e. The third-order valence-electron chi connectivity index (χ3n) is 3.21. The van der Waals surface area contributed by atoms with Crippen LogP contribution in [0.3, 0.4) is 0 Å². The van der Waals surface area contributed by atoms with Gasteiger partial charge in [0.2, 0.25) is 10.0 Å². The van der Waals surface area contributed by atoms with Crippen molar-refractivity contribution in [3.8, 4) is 0 Å². The molecule has 0 atom stereocenters. The first-order valence-corrected chi connectivity index (χ1v) is 8.08. The van der Waals surface area contributed by atoms with Crippen LogP contribution in [-0.2, 0) is 16.4 Å². The molecule has 1 aliphatic rings. The van der Waals surface area contributed by atoms with Crippen LogP contribution in [0.15, 0.2) is 23.1 Å². The van der Waals surface area contributed by atoms with Crippen LogP contribution < -0.4 is 15.4 Å². The molecule has 0 aliphatic carbocycles. The number of fused-ring (bicyclic) bond motifs is 1. The highest BCUT2D eigenvalue weighted by Gasteiger charge is 2.21. The lowest BCUT2D eigenvalue weighted by Gasteiger charge is -2.17. The van der Waals surface area contributed by atoms with E-state index in [2.05, 4.69) is 15.4 Å². The van der Waals surface area contributed by atoms with Gasteiger partial charge in [0.25, 0.3) is 5.91 Å². The van der Waals surface area contributed by atoms with Gasteiger partial charge in [-0.25, -0.2) is 13.1 Å². The van der Waals surface area contributed by atoms with Crippen molar-refractivity contribution in [1.82, 2.24) is 15.4 Å². The van der Waals surface area contributed by atoms with Crippen molar-refractivity contribution < 1.29 is 13.2 Å². The highest BCUT2D eigenvalue weighted by Crippen LogP contribution is 2.18. The molecule has 0 aromatic heterocycles. The first kappa shape index (κ1) is 17.9. The molecule has 6 nitrogen and oxygen atoms in total. The van der Waals surface area contributed by atoms with Crippen molar-refractivity contribution in [2.45, 2.75) is 17.7 Å². The van der Waals surface area contributed by atoms with Gasteiger partial charge in [-0.05, 0) is 44.1 Å². The predicted octanol–water partition coefficient (Wildman–Crippen LogP) is 0.282. The highest BCUT2D eigenvalue weighted by atomic mass is 35.5. The lowest BCUT2D eigenvalue weighted by molar-refractivity contribution is 0.0946. The molecule has 1 aromatic carbocycles. The predicted molar refractivity (Wildman–Crippen MR) is 83.5 cm³/mol. The second kappa shape index (κ2) is 7.74. The molecule has 0 bridgehead atoms. The summed E-state index contributed by atoms with van der Waals surface area (Å²) in [7, 11) is -1.74. The van der Waals surface area contributed by atoms with E-state index in [9.17, 15) is 13.2 Å². The van der Waals surface area contributed by atoms with Crippen LogP contribution in [-0.4, -0.2) is 41.0 Å². The number of nitrogens with one attached hydrogen (secondary N) is 3. The maximum atomic E-state index is 12.1. The number of amides is 1. The fourth-order valence-electron chi connectivity index (χ4n) is 2.11. The van der Waals surface area contributed by atoms with Gasteiger partial charge in [0.05, 0.1) is 4.90 Å². The third-order valence-corrected chi connectivity index (χ3v) is 4.67. The number of halogens is 1. The van der Waals surface area contributed by atoms with Crippen molar-refractivity contribution in [2.75, 3.05) is 26.7 Å². The summed E-state index contributed by atoms with van der Waals surface area (Å²) in [6.45, 7) is 1.71. The fraction of sp³-hybridized carbons (Fsp3) is 0.462. The van der Waals surface area contributed by atoms with E-state index in [1.165, 1.54) is 6.07 Å². The normalized spacial score (nSPS) is 14.0. The Balaban J connectivity index is 0.00000220. The summed E-state index contributed by atoms with van der Waals surface area (Å²) >= 11 is 0. The van der Waals surface area contributed by atoms with Crippen molar-refractivity contribution in [3.63, 3.8) is 0 Å². The van der Waals surface area contributed by atoms with Crippen LogP contribution in [0.5, 0.6) is 0 Å². The molecule has 0 saturated heterocycles. The topological polar surface area (TPSA) is 87.3 Å². The van der Waals surface area contributed by atoms with Crippen LogP contribution in [0.1, 0.15) is 22.3 Å². The average Bonchev–Trinajstić information content (AvgIpc) is 2.44. The third kappa shape index (κ3) is 4.41. The van der Waals surface area contributed by atoms with E-state index < -0.39 is 10.0 Å². The van der Waals surface area contributed by atoms with Crippen LogP contribution in [0, 0.1) is 0 Å². The number of sulfonamides is 1. The summed E-state index contributed by atoms with van der Waals surface area (Å²) in [6.07, 6.45) is 1.44. The number of hydrogen-bond acceptors (Lipinski definition) is 4. The lowest BCUT2D eigenvalue weighted by Crippen LogP contribution is -2.32. The number of benzene rings is 1. The number of hydrogen-bond donors (Lipinski definition) is 3. The zero-order valence-electron chi connectivity index (χ0n) is 11.8. The second-order valence-corrected chi connectivity index (χ2v) is 6.45. The van der Waals surface area contributed by atoms with E-state index in [0.29, 0.717) is 25.1 Å². The Morgan fingerprint density at radius 1 is 1.29 bits per heavy atom. The quantitative estimate of drug-likeness (QED) is 0.653. The Labute approximate surface area is 131 Å². The molecule has 0 spiro atoms. The van der Waals surface area contributed by atoms with Crippen molar-refractivity contribution >= 4 is 28.3 Å². The van der Waals surface area contributed by atoms with E-state index in [0.717, 1.165) is 18.5 Å². The van der Waals surface area contributed by atoms with E-state index in [1.807, 2.05) is 7.05 Å². The average molecular weight is 334 g/mol. The number of rotatable bonds is 6. The molecule has 1 aliphatic heterocycles. The minimum Gasteiger partial charge on any atom is -0.352 e. The van der Waals surface area contributed by atoms with Crippen molar-refractivity contribution in [3.05, 3.63) is 29.3 Å². The van der Waals surface area contributed by atoms with Gasteiger partial charge in [-0.1, -0.05) is 6.07 Å². The number of carbonyl (C=O) groups is 1. The van der Waals surface area contributed by atoms with Crippen LogP contribution in [0.4, 0.5) is 0 Å².